The van der Waals surface area contributed by atoms with Crippen molar-refractivity contribution in [3.63, 3.8) is 0 Å². The molecule has 5 nitrogen and oxygen atoms in total. The van der Waals surface area contributed by atoms with Crippen molar-refractivity contribution in [2.45, 2.75) is 43.6 Å². The Kier molecular flexibility index (Phi) is 5.36. The Labute approximate surface area is 172 Å². The van der Waals surface area contributed by atoms with Crippen LogP contribution in [-0.2, 0) is 16.1 Å². The van der Waals surface area contributed by atoms with Crippen molar-refractivity contribution in [1.82, 2.24) is 9.55 Å². The van der Waals surface area contributed by atoms with Crippen molar-refractivity contribution >= 4 is 40.4 Å². The zero-order valence-corrected chi connectivity index (χ0v) is 17.2. The van der Waals surface area contributed by atoms with Crippen LogP contribution in [0.3, 0.4) is 0 Å². The average Bonchev–Trinajstić information content (AvgIpc) is 3.21. The molecule has 1 fully saturated rings. The van der Waals surface area contributed by atoms with E-state index < -0.39 is 11.2 Å². The van der Waals surface area contributed by atoms with E-state index in [2.05, 4.69) is 9.55 Å². The molecular weight excluding hydrogens is 396 g/mol. The predicted molar refractivity (Wildman–Crippen MR) is 112 cm³/mol. The van der Waals surface area contributed by atoms with Gasteiger partial charge >= 0.3 is 5.97 Å². The number of hydrogen-bond donors (Lipinski definition) is 1. The molecule has 2 aromatic carbocycles. The molecule has 1 saturated heterocycles. The number of halogens is 1. The van der Waals surface area contributed by atoms with Gasteiger partial charge in [-0.25, -0.2) is 4.98 Å². The third-order valence-electron chi connectivity index (χ3n) is 5.15. The van der Waals surface area contributed by atoms with E-state index in [0.717, 1.165) is 28.0 Å². The number of aliphatic carboxylic acids is 1. The van der Waals surface area contributed by atoms with E-state index in [0.29, 0.717) is 18.1 Å². The van der Waals surface area contributed by atoms with Crippen molar-refractivity contribution in [2.24, 2.45) is 0 Å². The van der Waals surface area contributed by atoms with Gasteiger partial charge in [0.05, 0.1) is 29.1 Å². The van der Waals surface area contributed by atoms with E-state index in [4.69, 9.17) is 16.3 Å². The number of thioether (sulfide) groups is 1. The molecule has 7 heteroatoms. The van der Waals surface area contributed by atoms with Gasteiger partial charge in [-0.1, -0.05) is 35.9 Å². The van der Waals surface area contributed by atoms with Gasteiger partial charge in [-0.2, -0.15) is 0 Å². The summed E-state index contributed by atoms with van der Waals surface area (Å²) >= 11 is 7.59. The molecule has 0 saturated carbocycles. The Morgan fingerprint density at radius 1 is 1.32 bits per heavy atom. The number of rotatable bonds is 5. The highest BCUT2D eigenvalue weighted by atomic mass is 35.5. The van der Waals surface area contributed by atoms with E-state index in [1.165, 1.54) is 11.8 Å². The quantitative estimate of drug-likeness (QED) is 0.635. The van der Waals surface area contributed by atoms with Gasteiger partial charge in [-0.3, -0.25) is 4.79 Å². The minimum atomic E-state index is -0.845. The van der Waals surface area contributed by atoms with Gasteiger partial charge in [0.25, 0.3) is 0 Å². The fourth-order valence-corrected chi connectivity index (χ4v) is 5.37. The summed E-state index contributed by atoms with van der Waals surface area (Å²) in [5, 5.41) is 9.68. The largest absolute Gasteiger partial charge is 0.480 e. The Morgan fingerprint density at radius 2 is 2.11 bits per heavy atom. The predicted octanol–water partition coefficient (Wildman–Crippen LogP) is 4.98. The van der Waals surface area contributed by atoms with Gasteiger partial charge in [0, 0.05) is 11.4 Å². The monoisotopic (exact) mass is 416 g/mol. The van der Waals surface area contributed by atoms with Crippen LogP contribution in [0.2, 0.25) is 5.02 Å². The maximum Gasteiger partial charge on any atom is 0.319 e. The molecule has 4 rings (SSSR count). The lowest BCUT2D eigenvalue weighted by Crippen LogP contribution is -2.29. The van der Waals surface area contributed by atoms with Crippen molar-refractivity contribution in [3.8, 4) is 0 Å². The molecule has 1 N–H and O–H groups in total. The summed E-state index contributed by atoms with van der Waals surface area (Å²) < 4.78 is 8.17. The lowest BCUT2D eigenvalue weighted by atomic mass is 10.1. The van der Waals surface area contributed by atoms with E-state index in [1.807, 2.05) is 56.3 Å². The molecular formula is C21H21ClN2O3S. The van der Waals surface area contributed by atoms with Gasteiger partial charge < -0.3 is 14.4 Å². The van der Waals surface area contributed by atoms with E-state index >= 15 is 0 Å². The summed E-state index contributed by atoms with van der Waals surface area (Å²) in [6, 6.07) is 13.6. The first kappa shape index (κ1) is 19.3. The smallest absolute Gasteiger partial charge is 0.319 e. The first-order chi connectivity index (χ1) is 13.4. The maximum absolute atomic E-state index is 11.9. The molecule has 0 aliphatic carbocycles. The standard InChI is InChI=1S/C21H21ClN2O3S/c1-12-5-3-4-6-14(12)11-27-18-10-19(28-20(18)21(25)26)24-13(2)23-16-8-7-15(22)9-17(16)24/h3-9,18-20H,10-11H2,1-2H3,(H,25,26). The molecule has 0 radical (unpaired) electrons. The Bertz CT molecular complexity index is 1040. The number of imidazole rings is 1. The number of fused-ring (bicyclic) bond motifs is 1. The number of hydrogen-bond acceptors (Lipinski definition) is 4. The number of aromatic nitrogens is 2. The molecule has 0 spiro atoms. The SMILES string of the molecule is Cc1ccccc1COC1CC(n2c(C)nc3ccc(Cl)cc32)SC1C(=O)O. The van der Waals surface area contributed by atoms with Crippen molar-refractivity contribution in [3.05, 3.63) is 64.4 Å². The average molecular weight is 417 g/mol. The third-order valence-corrected chi connectivity index (χ3v) is 6.90. The van der Waals surface area contributed by atoms with Gasteiger partial charge in [0.15, 0.2) is 0 Å². The zero-order valence-electron chi connectivity index (χ0n) is 15.6. The van der Waals surface area contributed by atoms with Crippen molar-refractivity contribution in [2.75, 3.05) is 0 Å². The number of benzene rings is 2. The minimum absolute atomic E-state index is 0.0635. The maximum atomic E-state index is 11.9. The fraction of sp³-hybridized carbons (Fsp3) is 0.333. The first-order valence-corrected chi connectivity index (χ1v) is 10.4. The van der Waals surface area contributed by atoms with Gasteiger partial charge in [-0.05, 0) is 43.2 Å². The second kappa shape index (κ2) is 7.78. The number of aryl methyl sites for hydroxylation is 2. The second-order valence-corrected chi connectivity index (χ2v) is 8.78. The Morgan fingerprint density at radius 3 is 2.86 bits per heavy atom. The van der Waals surface area contributed by atoms with Crippen LogP contribution in [0.5, 0.6) is 0 Å². The lowest BCUT2D eigenvalue weighted by Gasteiger charge is -2.17. The van der Waals surface area contributed by atoms with E-state index in [9.17, 15) is 9.90 Å². The number of carboxylic acid groups (broad SMARTS) is 1. The van der Waals surface area contributed by atoms with Gasteiger partial charge in [-0.15, -0.1) is 11.8 Å². The summed E-state index contributed by atoms with van der Waals surface area (Å²) in [5.41, 5.74) is 4.00. The molecule has 3 aromatic rings. The molecule has 28 heavy (non-hydrogen) atoms. The summed E-state index contributed by atoms with van der Waals surface area (Å²) in [7, 11) is 0. The molecule has 0 bridgehead atoms. The Hall–Kier alpha value is -2.02. The molecule has 1 aliphatic rings. The summed E-state index contributed by atoms with van der Waals surface area (Å²) in [6.45, 7) is 4.37. The van der Waals surface area contributed by atoms with Crippen LogP contribution in [0.25, 0.3) is 11.0 Å². The van der Waals surface area contributed by atoms with Crippen LogP contribution in [0.15, 0.2) is 42.5 Å². The van der Waals surface area contributed by atoms with Crippen molar-refractivity contribution < 1.29 is 14.6 Å². The topological polar surface area (TPSA) is 64.4 Å². The van der Waals surface area contributed by atoms with E-state index in [1.54, 1.807) is 0 Å². The highest BCUT2D eigenvalue weighted by Crippen LogP contribution is 2.45. The number of ether oxygens (including phenoxy) is 1. The number of carboxylic acids is 1. The van der Waals surface area contributed by atoms with E-state index in [-0.39, 0.29) is 11.5 Å². The summed E-state index contributed by atoms with van der Waals surface area (Å²) in [4.78, 5) is 16.5. The highest BCUT2D eigenvalue weighted by Gasteiger charge is 2.42. The van der Waals surface area contributed by atoms with Crippen LogP contribution >= 0.6 is 23.4 Å². The van der Waals surface area contributed by atoms with Crippen LogP contribution in [0, 0.1) is 13.8 Å². The summed E-state index contributed by atoms with van der Waals surface area (Å²) in [5.74, 6) is 0.000786. The number of nitrogens with zero attached hydrogens (tertiary/aromatic N) is 2. The van der Waals surface area contributed by atoms with Crippen LogP contribution in [0.1, 0.15) is 28.7 Å². The molecule has 2 heterocycles. The minimum Gasteiger partial charge on any atom is -0.480 e. The third kappa shape index (κ3) is 3.64. The van der Waals surface area contributed by atoms with Crippen LogP contribution < -0.4 is 0 Å². The molecule has 1 aromatic heterocycles. The highest BCUT2D eigenvalue weighted by molar-refractivity contribution is 8.01. The number of carbonyl (C=O) groups is 1. The van der Waals surface area contributed by atoms with Gasteiger partial charge in [0.2, 0.25) is 0 Å². The molecule has 146 valence electrons. The second-order valence-electron chi connectivity index (χ2n) is 7.02. The van der Waals surface area contributed by atoms with Gasteiger partial charge in [0.1, 0.15) is 11.1 Å². The lowest BCUT2D eigenvalue weighted by molar-refractivity contribution is -0.139. The molecule has 3 unspecified atom stereocenters. The first-order valence-electron chi connectivity index (χ1n) is 9.12. The van der Waals surface area contributed by atoms with Crippen LogP contribution in [-0.4, -0.2) is 32.0 Å². The normalized spacial score (nSPS) is 22.0. The summed E-state index contributed by atoms with van der Waals surface area (Å²) in [6.07, 6.45) is 0.231. The molecule has 0 amide bonds. The zero-order chi connectivity index (χ0) is 19.8. The van der Waals surface area contributed by atoms with Crippen LogP contribution in [0.4, 0.5) is 0 Å². The molecule has 1 aliphatic heterocycles. The fourth-order valence-electron chi connectivity index (χ4n) is 3.69. The van der Waals surface area contributed by atoms with Crippen molar-refractivity contribution in [1.29, 1.82) is 0 Å². The molecule has 3 atom stereocenters. The Balaban J connectivity index is 1.59.